The van der Waals surface area contributed by atoms with Gasteiger partial charge in [-0.3, -0.25) is 9.69 Å². The Morgan fingerprint density at radius 3 is 2.33 bits per heavy atom. The van der Waals surface area contributed by atoms with Crippen molar-refractivity contribution in [2.24, 2.45) is 0 Å². The number of ether oxygens (including phenoxy) is 1. The monoisotopic (exact) mass is 366 g/mol. The third-order valence-corrected chi connectivity index (χ3v) is 4.78. The molecule has 1 aliphatic rings. The van der Waals surface area contributed by atoms with Crippen LogP contribution >= 0.6 is 0 Å². The van der Waals surface area contributed by atoms with Crippen molar-refractivity contribution >= 4 is 17.9 Å². The zero-order chi connectivity index (χ0) is 19.4. The number of esters is 1. The van der Waals surface area contributed by atoms with Crippen molar-refractivity contribution in [1.29, 1.82) is 0 Å². The Morgan fingerprint density at radius 2 is 1.74 bits per heavy atom. The molecule has 0 aromatic heterocycles. The van der Waals surface area contributed by atoms with E-state index in [9.17, 15) is 14.4 Å². The topological polar surface area (TPSA) is 75.7 Å². The van der Waals surface area contributed by atoms with Gasteiger partial charge in [-0.25, -0.2) is 9.59 Å². The van der Waals surface area contributed by atoms with Crippen LogP contribution in [-0.2, 0) is 21.6 Å². The number of hydrogen-bond donors (Lipinski definition) is 1. The molecule has 1 atom stereocenters. The molecule has 0 radical (unpaired) electrons. The molecule has 140 valence electrons. The highest BCUT2D eigenvalue weighted by Crippen LogP contribution is 2.34. The zero-order valence-electron chi connectivity index (χ0n) is 15.4. The number of methoxy groups -OCH3 is 1. The van der Waals surface area contributed by atoms with E-state index in [1.807, 2.05) is 37.3 Å². The van der Waals surface area contributed by atoms with Crippen LogP contribution in [0.1, 0.15) is 41.3 Å². The third-order valence-electron chi connectivity index (χ3n) is 4.78. The molecule has 1 saturated heterocycles. The Morgan fingerprint density at radius 1 is 1.07 bits per heavy atom. The second kappa shape index (κ2) is 7.61. The predicted molar refractivity (Wildman–Crippen MR) is 99.9 cm³/mol. The summed E-state index contributed by atoms with van der Waals surface area (Å²) in [4.78, 5) is 38.6. The number of carbonyl (C=O) groups excluding carboxylic acids is 3. The molecule has 1 fully saturated rings. The summed E-state index contributed by atoms with van der Waals surface area (Å²) in [7, 11) is 1.32. The van der Waals surface area contributed by atoms with Crippen molar-refractivity contribution in [3.05, 3.63) is 71.3 Å². The maximum Gasteiger partial charge on any atom is 0.337 e. The molecule has 1 aliphatic heterocycles. The van der Waals surface area contributed by atoms with Gasteiger partial charge in [-0.2, -0.15) is 0 Å². The fraction of sp³-hybridized carbons (Fsp3) is 0.286. The quantitative estimate of drug-likeness (QED) is 0.629. The summed E-state index contributed by atoms with van der Waals surface area (Å²) in [6.07, 6.45) is 1.28. The minimum Gasteiger partial charge on any atom is -0.465 e. The second-order valence-corrected chi connectivity index (χ2v) is 6.53. The van der Waals surface area contributed by atoms with Crippen molar-refractivity contribution in [1.82, 2.24) is 10.2 Å². The number of nitrogens with one attached hydrogen (secondary N) is 1. The van der Waals surface area contributed by atoms with Crippen LogP contribution in [0.5, 0.6) is 0 Å². The Balaban J connectivity index is 1.86. The van der Waals surface area contributed by atoms with Gasteiger partial charge in [0.1, 0.15) is 5.54 Å². The minimum absolute atomic E-state index is 0.143. The van der Waals surface area contributed by atoms with Crippen LogP contribution in [0.4, 0.5) is 4.79 Å². The number of urea groups is 1. The fourth-order valence-electron chi connectivity index (χ4n) is 3.42. The zero-order valence-corrected chi connectivity index (χ0v) is 15.4. The molecule has 0 spiro atoms. The van der Waals surface area contributed by atoms with E-state index < -0.39 is 17.5 Å². The number of hydrogen-bond acceptors (Lipinski definition) is 4. The molecule has 2 aromatic rings. The van der Waals surface area contributed by atoms with Crippen LogP contribution < -0.4 is 5.32 Å². The lowest BCUT2D eigenvalue weighted by Crippen LogP contribution is -2.43. The summed E-state index contributed by atoms with van der Waals surface area (Å²) in [5, 5.41) is 2.91. The molecule has 1 N–H and O–H groups in total. The fourth-order valence-corrected chi connectivity index (χ4v) is 3.42. The summed E-state index contributed by atoms with van der Waals surface area (Å²) in [6.45, 7) is 2.13. The van der Waals surface area contributed by atoms with Gasteiger partial charge < -0.3 is 10.1 Å². The maximum absolute atomic E-state index is 13.2. The Bertz CT molecular complexity index is 848. The van der Waals surface area contributed by atoms with Crippen LogP contribution in [0.15, 0.2) is 54.6 Å². The number of carbonyl (C=O) groups is 3. The highest BCUT2D eigenvalue weighted by molar-refractivity contribution is 6.07. The van der Waals surface area contributed by atoms with Crippen molar-refractivity contribution in [2.75, 3.05) is 7.11 Å². The van der Waals surface area contributed by atoms with E-state index in [1.165, 1.54) is 12.0 Å². The van der Waals surface area contributed by atoms with Gasteiger partial charge >= 0.3 is 12.0 Å². The lowest BCUT2D eigenvalue weighted by Gasteiger charge is -2.27. The van der Waals surface area contributed by atoms with Crippen LogP contribution in [0.2, 0.25) is 0 Å². The van der Waals surface area contributed by atoms with Gasteiger partial charge in [0.2, 0.25) is 0 Å². The molecule has 3 rings (SSSR count). The van der Waals surface area contributed by atoms with Crippen molar-refractivity contribution in [3.8, 4) is 0 Å². The van der Waals surface area contributed by atoms with E-state index in [0.717, 1.165) is 17.5 Å². The molecule has 0 bridgehead atoms. The molecule has 3 amide bonds. The van der Waals surface area contributed by atoms with E-state index in [0.29, 0.717) is 12.0 Å². The van der Waals surface area contributed by atoms with Crippen LogP contribution in [0.25, 0.3) is 0 Å². The van der Waals surface area contributed by atoms with Gasteiger partial charge in [-0.1, -0.05) is 55.8 Å². The van der Waals surface area contributed by atoms with Gasteiger partial charge in [0.05, 0.1) is 19.2 Å². The molecular formula is C21H22N2O4. The summed E-state index contributed by atoms with van der Waals surface area (Å²) >= 11 is 0. The predicted octanol–water partition coefficient (Wildman–Crippen LogP) is 3.22. The molecule has 0 saturated carbocycles. The highest BCUT2D eigenvalue weighted by atomic mass is 16.5. The number of amides is 3. The van der Waals surface area contributed by atoms with Gasteiger partial charge in [-0.05, 0) is 29.7 Å². The molecule has 27 heavy (non-hydrogen) atoms. The molecule has 6 nitrogen and oxygen atoms in total. The average molecular weight is 366 g/mol. The number of nitrogens with zero attached hydrogens (tertiary/aromatic N) is 1. The molecular weight excluding hydrogens is 344 g/mol. The van der Waals surface area contributed by atoms with E-state index in [2.05, 4.69) is 10.1 Å². The van der Waals surface area contributed by atoms with Crippen molar-refractivity contribution in [3.63, 3.8) is 0 Å². The van der Waals surface area contributed by atoms with E-state index in [4.69, 9.17) is 0 Å². The third kappa shape index (κ3) is 3.43. The highest BCUT2D eigenvalue weighted by Gasteiger charge is 2.51. The first-order chi connectivity index (χ1) is 13.0. The molecule has 6 heteroatoms. The Hall–Kier alpha value is -3.15. The number of imide groups is 1. The second-order valence-electron chi connectivity index (χ2n) is 6.53. The SMILES string of the molecule is CCC[C@@]1(c2ccccc2)NC(=O)N(Cc2ccc(C(=O)OC)cc2)C1=O. The Labute approximate surface area is 158 Å². The largest absolute Gasteiger partial charge is 0.465 e. The smallest absolute Gasteiger partial charge is 0.337 e. The summed E-state index contributed by atoms with van der Waals surface area (Å²) < 4.78 is 4.68. The molecule has 2 aromatic carbocycles. The van der Waals surface area contributed by atoms with E-state index in [1.54, 1.807) is 24.3 Å². The standard InChI is InChI=1S/C21H22N2O4/c1-3-13-21(17-7-5-4-6-8-17)19(25)23(20(26)22-21)14-15-9-11-16(12-10-15)18(24)27-2/h4-12H,3,13-14H2,1-2H3,(H,22,26)/t21-/m0/s1. The van der Waals surface area contributed by atoms with Gasteiger partial charge in [0.15, 0.2) is 0 Å². The van der Waals surface area contributed by atoms with Crippen LogP contribution in [0, 0.1) is 0 Å². The van der Waals surface area contributed by atoms with Gasteiger partial charge in [0.25, 0.3) is 5.91 Å². The summed E-state index contributed by atoms with van der Waals surface area (Å²) in [6, 6.07) is 15.6. The maximum atomic E-state index is 13.2. The average Bonchev–Trinajstić information content (AvgIpc) is 2.94. The molecule has 0 unspecified atom stereocenters. The molecule has 1 heterocycles. The lowest BCUT2D eigenvalue weighted by molar-refractivity contribution is -0.132. The van der Waals surface area contributed by atoms with Crippen LogP contribution in [0.3, 0.4) is 0 Å². The normalized spacial score (nSPS) is 19.1. The molecule has 0 aliphatic carbocycles. The number of rotatable bonds is 6. The van der Waals surface area contributed by atoms with E-state index in [-0.39, 0.29) is 12.5 Å². The first-order valence-electron chi connectivity index (χ1n) is 8.88. The van der Waals surface area contributed by atoms with Gasteiger partial charge in [0, 0.05) is 0 Å². The first-order valence-corrected chi connectivity index (χ1v) is 8.88. The van der Waals surface area contributed by atoms with Crippen molar-refractivity contribution in [2.45, 2.75) is 31.8 Å². The van der Waals surface area contributed by atoms with Crippen LogP contribution in [-0.4, -0.2) is 29.9 Å². The summed E-state index contributed by atoms with van der Waals surface area (Å²) in [5.41, 5.74) is 0.933. The minimum atomic E-state index is -1.03. The lowest BCUT2D eigenvalue weighted by atomic mass is 9.85. The Kier molecular flexibility index (Phi) is 5.26. The first kappa shape index (κ1) is 18.6. The van der Waals surface area contributed by atoms with E-state index >= 15 is 0 Å². The van der Waals surface area contributed by atoms with Crippen molar-refractivity contribution < 1.29 is 19.1 Å². The van der Waals surface area contributed by atoms with Gasteiger partial charge in [-0.15, -0.1) is 0 Å². The summed E-state index contributed by atoms with van der Waals surface area (Å²) in [5.74, 6) is -0.680. The number of benzene rings is 2.